The molecule has 0 atom stereocenters. The maximum atomic E-state index is 5.60. The highest BCUT2D eigenvalue weighted by Crippen LogP contribution is 2.02. The maximum Gasteiger partial charge on any atom is 0.0478 e. The van der Waals surface area contributed by atoms with E-state index >= 15 is 0 Å². The van der Waals surface area contributed by atoms with Gasteiger partial charge in [0, 0.05) is 19.3 Å². The van der Waals surface area contributed by atoms with Gasteiger partial charge in [0.2, 0.25) is 0 Å². The van der Waals surface area contributed by atoms with Gasteiger partial charge in [-0.3, -0.25) is 0 Å². The molecule has 1 aromatic rings. The van der Waals surface area contributed by atoms with Gasteiger partial charge in [-0.1, -0.05) is 44.2 Å². The van der Waals surface area contributed by atoms with Gasteiger partial charge >= 0.3 is 0 Å². The van der Waals surface area contributed by atoms with Crippen molar-refractivity contribution in [3.8, 4) is 0 Å². The lowest BCUT2D eigenvalue weighted by Gasteiger charge is -2.08. The first-order chi connectivity index (χ1) is 8.29. The Morgan fingerprint density at radius 3 is 2.47 bits per heavy atom. The summed E-state index contributed by atoms with van der Waals surface area (Å²) in [5, 5.41) is 3.38. The number of hydrogen-bond donors (Lipinski definition) is 1. The minimum atomic E-state index is 0.577. The Kier molecular flexibility index (Phi) is 7.69. The van der Waals surface area contributed by atoms with E-state index in [-0.39, 0.29) is 0 Å². The van der Waals surface area contributed by atoms with E-state index in [9.17, 15) is 0 Å². The third kappa shape index (κ3) is 7.94. The Morgan fingerprint density at radius 2 is 1.76 bits per heavy atom. The predicted octanol–water partition coefficient (Wildman–Crippen LogP) is 3.02. The molecule has 0 fully saturated rings. The van der Waals surface area contributed by atoms with Crippen LogP contribution < -0.4 is 5.32 Å². The van der Waals surface area contributed by atoms with Gasteiger partial charge in [0.15, 0.2) is 0 Å². The lowest BCUT2D eigenvalue weighted by Crippen LogP contribution is -2.24. The molecule has 0 saturated carbocycles. The molecule has 17 heavy (non-hydrogen) atoms. The van der Waals surface area contributed by atoms with Crippen LogP contribution in [-0.4, -0.2) is 25.8 Å². The topological polar surface area (TPSA) is 21.3 Å². The fraction of sp³-hybridized carbons (Fsp3) is 0.600. The lowest BCUT2D eigenvalue weighted by atomic mass is 10.1. The van der Waals surface area contributed by atoms with E-state index in [1.165, 1.54) is 5.56 Å². The molecule has 96 valence electrons. The zero-order valence-corrected chi connectivity index (χ0v) is 11.1. The summed E-state index contributed by atoms with van der Waals surface area (Å²) in [5.74, 6) is 0. The summed E-state index contributed by atoms with van der Waals surface area (Å²) in [6.07, 6.45) is 3.33. The molecule has 0 radical (unpaired) electrons. The van der Waals surface area contributed by atoms with Crippen LogP contribution in [0.1, 0.15) is 32.3 Å². The molecule has 0 aliphatic rings. The van der Waals surface area contributed by atoms with Crippen molar-refractivity contribution in [3.63, 3.8) is 0 Å². The van der Waals surface area contributed by atoms with Crippen LogP contribution >= 0.6 is 0 Å². The van der Waals surface area contributed by atoms with Crippen molar-refractivity contribution in [2.24, 2.45) is 0 Å². The molecule has 1 N–H and O–H groups in total. The van der Waals surface area contributed by atoms with Gasteiger partial charge in [-0.2, -0.15) is 0 Å². The van der Waals surface area contributed by atoms with Crippen LogP contribution in [0.5, 0.6) is 0 Å². The Labute approximate surface area is 105 Å². The molecule has 0 bridgehead atoms. The molecule has 0 aliphatic carbocycles. The molecular formula is C15H25NO. The van der Waals surface area contributed by atoms with Crippen LogP contribution in [0.15, 0.2) is 30.3 Å². The highest BCUT2D eigenvalue weighted by Gasteiger charge is 1.94. The van der Waals surface area contributed by atoms with Gasteiger partial charge in [-0.15, -0.1) is 0 Å². The van der Waals surface area contributed by atoms with Gasteiger partial charge in [-0.25, -0.2) is 0 Å². The Balaban J connectivity index is 1.88. The molecule has 0 heterocycles. The van der Waals surface area contributed by atoms with Crippen LogP contribution in [0.2, 0.25) is 0 Å². The fourth-order valence-corrected chi connectivity index (χ4v) is 1.69. The fourth-order valence-electron chi connectivity index (χ4n) is 1.69. The highest BCUT2D eigenvalue weighted by molar-refractivity contribution is 5.14. The Hall–Kier alpha value is -0.860. The van der Waals surface area contributed by atoms with E-state index in [4.69, 9.17) is 4.74 Å². The predicted molar refractivity (Wildman–Crippen MR) is 73.3 cm³/mol. The number of ether oxygens (including phenoxy) is 1. The quantitative estimate of drug-likeness (QED) is 0.664. The molecular weight excluding hydrogens is 210 g/mol. The molecule has 0 unspecified atom stereocenters. The first kappa shape index (κ1) is 14.2. The Morgan fingerprint density at radius 1 is 1.06 bits per heavy atom. The van der Waals surface area contributed by atoms with Crippen LogP contribution in [0, 0.1) is 0 Å². The summed E-state index contributed by atoms with van der Waals surface area (Å²) in [5.41, 5.74) is 1.40. The highest BCUT2D eigenvalue weighted by atomic mass is 16.5. The van der Waals surface area contributed by atoms with Crippen molar-refractivity contribution >= 4 is 0 Å². The van der Waals surface area contributed by atoms with Crippen molar-refractivity contribution < 1.29 is 4.74 Å². The first-order valence-corrected chi connectivity index (χ1v) is 6.64. The molecule has 0 aliphatic heterocycles. The van der Waals surface area contributed by atoms with E-state index in [2.05, 4.69) is 49.5 Å². The Bertz CT molecular complexity index is 272. The standard InChI is InChI=1S/C15H25NO/c1-14(2)16-11-7-13-17-12-6-10-15-8-4-3-5-9-15/h3-5,8-9,14,16H,6-7,10-13H2,1-2H3. The number of aryl methyl sites for hydroxylation is 1. The van der Waals surface area contributed by atoms with Crippen molar-refractivity contribution in [2.75, 3.05) is 19.8 Å². The first-order valence-electron chi connectivity index (χ1n) is 6.64. The average Bonchev–Trinajstić information content (AvgIpc) is 2.33. The van der Waals surface area contributed by atoms with Crippen molar-refractivity contribution in [1.82, 2.24) is 5.32 Å². The van der Waals surface area contributed by atoms with Gasteiger partial charge in [0.25, 0.3) is 0 Å². The smallest absolute Gasteiger partial charge is 0.0478 e. The third-order valence-corrected chi connectivity index (χ3v) is 2.61. The monoisotopic (exact) mass is 235 g/mol. The molecule has 1 aromatic carbocycles. The molecule has 2 heteroatoms. The SMILES string of the molecule is CC(C)NCCCOCCCc1ccccc1. The number of nitrogens with one attached hydrogen (secondary N) is 1. The zero-order chi connectivity index (χ0) is 12.3. The molecule has 0 amide bonds. The number of benzene rings is 1. The minimum Gasteiger partial charge on any atom is -0.381 e. The minimum absolute atomic E-state index is 0.577. The van der Waals surface area contributed by atoms with Gasteiger partial charge in [0.05, 0.1) is 0 Å². The van der Waals surface area contributed by atoms with Crippen LogP contribution in [0.3, 0.4) is 0 Å². The van der Waals surface area contributed by atoms with E-state index in [0.29, 0.717) is 6.04 Å². The summed E-state index contributed by atoms with van der Waals surface area (Å²) in [7, 11) is 0. The summed E-state index contributed by atoms with van der Waals surface area (Å²) in [6.45, 7) is 7.13. The normalized spacial score (nSPS) is 11.0. The number of hydrogen-bond acceptors (Lipinski definition) is 2. The second-order valence-corrected chi connectivity index (χ2v) is 4.66. The third-order valence-electron chi connectivity index (χ3n) is 2.61. The van der Waals surface area contributed by atoms with E-state index < -0.39 is 0 Å². The molecule has 0 saturated heterocycles. The summed E-state index contributed by atoms with van der Waals surface area (Å²) in [4.78, 5) is 0. The van der Waals surface area contributed by atoms with Crippen molar-refractivity contribution in [1.29, 1.82) is 0 Å². The van der Waals surface area contributed by atoms with Gasteiger partial charge < -0.3 is 10.1 Å². The van der Waals surface area contributed by atoms with Crippen LogP contribution in [0.25, 0.3) is 0 Å². The lowest BCUT2D eigenvalue weighted by molar-refractivity contribution is 0.129. The van der Waals surface area contributed by atoms with Crippen LogP contribution in [-0.2, 0) is 11.2 Å². The van der Waals surface area contributed by atoms with E-state index in [1.807, 2.05) is 0 Å². The summed E-state index contributed by atoms with van der Waals surface area (Å²) in [6, 6.07) is 11.2. The number of rotatable bonds is 9. The molecule has 2 nitrogen and oxygen atoms in total. The average molecular weight is 235 g/mol. The van der Waals surface area contributed by atoms with Gasteiger partial charge in [-0.05, 0) is 31.4 Å². The zero-order valence-electron chi connectivity index (χ0n) is 11.1. The van der Waals surface area contributed by atoms with E-state index in [0.717, 1.165) is 39.0 Å². The molecule has 0 aromatic heterocycles. The summed E-state index contributed by atoms with van der Waals surface area (Å²) >= 11 is 0. The van der Waals surface area contributed by atoms with Crippen molar-refractivity contribution in [3.05, 3.63) is 35.9 Å². The maximum absolute atomic E-state index is 5.60. The molecule has 1 rings (SSSR count). The van der Waals surface area contributed by atoms with Gasteiger partial charge in [0.1, 0.15) is 0 Å². The second kappa shape index (κ2) is 9.20. The second-order valence-electron chi connectivity index (χ2n) is 4.66. The van der Waals surface area contributed by atoms with E-state index in [1.54, 1.807) is 0 Å². The van der Waals surface area contributed by atoms with Crippen LogP contribution in [0.4, 0.5) is 0 Å². The largest absolute Gasteiger partial charge is 0.381 e. The summed E-state index contributed by atoms with van der Waals surface area (Å²) < 4.78 is 5.60. The molecule has 0 spiro atoms. The van der Waals surface area contributed by atoms with Crippen molar-refractivity contribution in [2.45, 2.75) is 39.2 Å².